The van der Waals surface area contributed by atoms with Crippen LogP contribution in [0.15, 0.2) is 24.5 Å². The smallest absolute Gasteiger partial charge is 0.409 e. The van der Waals surface area contributed by atoms with Gasteiger partial charge in [-0.15, -0.1) is 0 Å². The molecule has 0 aliphatic carbocycles. The molecule has 2 aromatic rings. The molecule has 0 N–H and O–H groups in total. The largest absolute Gasteiger partial charge is 0.485 e. The molecule has 122 valence electrons. The summed E-state index contributed by atoms with van der Waals surface area (Å²) in [6, 6.07) is 3.64. The molecule has 1 fully saturated rings. The van der Waals surface area contributed by atoms with Crippen LogP contribution in [0.3, 0.4) is 0 Å². The third-order valence-electron chi connectivity index (χ3n) is 3.86. The first-order valence-corrected chi connectivity index (χ1v) is 7.50. The monoisotopic (exact) mass is 317 g/mol. The number of likely N-dealkylation sites (tertiary alicyclic amines) is 1. The average molecular weight is 317 g/mol. The van der Waals surface area contributed by atoms with E-state index in [1.54, 1.807) is 21.8 Å². The maximum Gasteiger partial charge on any atom is 0.409 e. The van der Waals surface area contributed by atoms with Gasteiger partial charge in [0.15, 0.2) is 5.78 Å². The zero-order valence-electron chi connectivity index (χ0n) is 13.4. The van der Waals surface area contributed by atoms with Crippen molar-refractivity contribution in [3.05, 3.63) is 30.1 Å². The van der Waals surface area contributed by atoms with Crippen LogP contribution in [0.1, 0.15) is 24.2 Å². The van der Waals surface area contributed by atoms with Gasteiger partial charge in [-0.1, -0.05) is 13.8 Å². The van der Waals surface area contributed by atoms with E-state index in [1.807, 2.05) is 26.0 Å². The molecule has 0 atom stereocenters. The number of rotatable bonds is 4. The number of ketones is 1. The van der Waals surface area contributed by atoms with Crippen LogP contribution in [0.5, 0.6) is 5.75 Å². The van der Waals surface area contributed by atoms with Gasteiger partial charge in [-0.2, -0.15) is 5.10 Å². The Morgan fingerprint density at radius 1 is 1.30 bits per heavy atom. The number of fused-ring (bicyclic) bond motifs is 1. The standard InChI is InChI=1S/C16H19N3O4/c1-10(2)15(20)13-6-17-19-9-11(4-5-14(13)19)23-12-7-18(8-12)16(21)22-3/h4-6,9-10,12H,7-8H2,1-3H3. The van der Waals surface area contributed by atoms with E-state index in [-0.39, 0.29) is 23.9 Å². The van der Waals surface area contributed by atoms with E-state index >= 15 is 0 Å². The number of methoxy groups -OCH3 is 1. The Morgan fingerprint density at radius 2 is 2.04 bits per heavy atom. The summed E-state index contributed by atoms with van der Waals surface area (Å²) in [5.74, 6) is 0.651. The number of carbonyl (C=O) groups excluding carboxylic acids is 2. The van der Waals surface area contributed by atoms with Crippen LogP contribution in [-0.2, 0) is 4.74 Å². The van der Waals surface area contributed by atoms with Crippen molar-refractivity contribution in [3.63, 3.8) is 0 Å². The maximum absolute atomic E-state index is 12.1. The van der Waals surface area contributed by atoms with Gasteiger partial charge in [0.2, 0.25) is 0 Å². The van der Waals surface area contributed by atoms with Gasteiger partial charge in [-0.05, 0) is 12.1 Å². The Morgan fingerprint density at radius 3 is 2.70 bits per heavy atom. The van der Waals surface area contributed by atoms with Gasteiger partial charge < -0.3 is 14.4 Å². The van der Waals surface area contributed by atoms with Gasteiger partial charge in [-0.25, -0.2) is 9.31 Å². The highest BCUT2D eigenvalue weighted by Gasteiger charge is 2.33. The van der Waals surface area contributed by atoms with Gasteiger partial charge in [0.25, 0.3) is 0 Å². The van der Waals surface area contributed by atoms with Gasteiger partial charge in [-0.3, -0.25) is 4.79 Å². The second kappa shape index (κ2) is 5.91. The quantitative estimate of drug-likeness (QED) is 0.807. The van der Waals surface area contributed by atoms with Gasteiger partial charge in [0.1, 0.15) is 11.9 Å². The van der Waals surface area contributed by atoms with Gasteiger partial charge >= 0.3 is 6.09 Å². The fourth-order valence-corrected chi connectivity index (χ4v) is 2.52. The van der Waals surface area contributed by atoms with Crippen molar-refractivity contribution in [1.82, 2.24) is 14.5 Å². The second-order valence-corrected chi connectivity index (χ2v) is 5.89. The lowest BCUT2D eigenvalue weighted by Gasteiger charge is -2.37. The normalized spacial score (nSPS) is 14.9. The number of amides is 1. The van der Waals surface area contributed by atoms with Crippen molar-refractivity contribution < 1.29 is 19.1 Å². The highest BCUT2D eigenvalue weighted by Crippen LogP contribution is 2.22. The van der Waals surface area contributed by atoms with E-state index in [1.165, 1.54) is 7.11 Å². The molecular weight excluding hydrogens is 298 g/mol. The summed E-state index contributed by atoms with van der Waals surface area (Å²) in [5, 5.41) is 4.22. The number of Topliss-reactive ketones (excluding diaryl/α,β-unsaturated/α-hetero) is 1. The first kappa shape index (κ1) is 15.3. The van der Waals surface area contributed by atoms with Crippen molar-refractivity contribution in [2.45, 2.75) is 20.0 Å². The summed E-state index contributed by atoms with van der Waals surface area (Å²) in [6.07, 6.45) is 2.93. The fourth-order valence-electron chi connectivity index (χ4n) is 2.52. The highest BCUT2D eigenvalue weighted by atomic mass is 16.5. The number of ether oxygens (including phenoxy) is 2. The van der Waals surface area contributed by atoms with Crippen molar-refractivity contribution in [1.29, 1.82) is 0 Å². The Kier molecular flexibility index (Phi) is 3.94. The van der Waals surface area contributed by atoms with Crippen LogP contribution in [0.2, 0.25) is 0 Å². The lowest BCUT2D eigenvalue weighted by Crippen LogP contribution is -2.56. The lowest BCUT2D eigenvalue weighted by molar-refractivity contribution is 0.0180. The summed E-state index contributed by atoms with van der Waals surface area (Å²) >= 11 is 0. The van der Waals surface area contributed by atoms with Crippen LogP contribution in [0.25, 0.3) is 5.52 Å². The van der Waals surface area contributed by atoms with E-state index in [0.29, 0.717) is 24.4 Å². The molecule has 0 radical (unpaired) electrons. The summed E-state index contributed by atoms with van der Waals surface area (Å²) < 4.78 is 12.1. The Balaban J connectivity index is 1.70. The second-order valence-electron chi connectivity index (χ2n) is 5.89. The van der Waals surface area contributed by atoms with Gasteiger partial charge in [0.05, 0.1) is 43.7 Å². The lowest BCUT2D eigenvalue weighted by atomic mass is 10.0. The van der Waals surface area contributed by atoms with Gasteiger partial charge in [0, 0.05) is 5.92 Å². The predicted molar refractivity (Wildman–Crippen MR) is 82.8 cm³/mol. The number of pyridine rings is 1. The number of aromatic nitrogens is 2. The van der Waals surface area contributed by atoms with Crippen molar-refractivity contribution in [2.75, 3.05) is 20.2 Å². The molecule has 0 aromatic carbocycles. The molecule has 1 amide bonds. The minimum Gasteiger partial charge on any atom is -0.485 e. The third kappa shape index (κ3) is 2.86. The summed E-state index contributed by atoms with van der Waals surface area (Å²) in [6.45, 7) is 4.74. The number of hydrogen-bond donors (Lipinski definition) is 0. The summed E-state index contributed by atoms with van der Waals surface area (Å²) in [5.41, 5.74) is 1.38. The topological polar surface area (TPSA) is 73.1 Å². The molecule has 7 heteroatoms. The van der Waals surface area contributed by atoms with E-state index in [0.717, 1.165) is 5.52 Å². The minimum absolute atomic E-state index is 0.0566. The molecule has 23 heavy (non-hydrogen) atoms. The van der Waals surface area contributed by atoms with Crippen molar-refractivity contribution in [2.24, 2.45) is 5.92 Å². The first-order valence-electron chi connectivity index (χ1n) is 7.50. The SMILES string of the molecule is COC(=O)N1CC(Oc2ccc3c(C(=O)C(C)C)cnn3c2)C1. The Labute approximate surface area is 133 Å². The predicted octanol–water partition coefficient (Wildman–Crippen LogP) is 2.00. The van der Waals surface area contributed by atoms with Crippen molar-refractivity contribution >= 4 is 17.4 Å². The molecule has 0 saturated carbocycles. The molecule has 2 aromatic heterocycles. The van der Waals surface area contributed by atoms with E-state index in [4.69, 9.17) is 4.74 Å². The van der Waals surface area contributed by atoms with Crippen LogP contribution in [-0.4, -0.2) is 52.7 Å². The maximum atomic E-state index is 12.1. The molecule has 0 bridgehead atoms. The van der Waals surface area contributed by atoms with Crippen molar-refractivity contribution in [3.8, 4) is 5.75 Å². The van der Waals surface area contributed by atoms with Crippen LogP contribution >= 0.6 is 0 Å². The minimum atomic E-state index is -0.343. The molecule has 3 heterocycles. The van der Waals surface area contributed by atoms with E-state index < -0.39 is 0 Å². The molecular formula is C16H19N3O4. The third-order valence-corrected chi connectivity index (χ3v) is 3.86. The highest BCUT2D eigenvalue weighted by molar-refractivity contribution is 6.03. The first-order chi connectivity index (χ1) is 11.0. The Bertz CT molecular complexity index is 747. The molecule has 0 spiro atoms. The fraction of sp³-hybridized carbons (Fsp3) is 0.438. The zero-order valence-corrected chi connectivity index (χ0v) is 13.4. The average Bonchev–Trinajstić information content (AvgIpc) is 2.91. The zero-order chi connectivity index (χ0) is 16.6. The van der Waals surface area contributed by atoms with E-state index in [2.05, 4.69) is 9.84 Å². The molecule has 1 aliphatic heterocycles. The Hall–Kier alpha value is -2.57. The number of hydrogen-bond acceptors (Lipinski definition) is 5. The van der Waals surface area contributed by atoms with Crippen LogP contribution < -0.4 is 4.74 Å². The summed E-state index contributed by atoms with van der Waals surface area (Å²) in [4.78, 5) is 25.0. The molecule has 1 aliphatic rings. The van der Waals surface area contributed by atoms with E-state index in [9.17, 15) is 9.59 Å². The van der Waals surface area contributed by atoms with Crippen LogP contribution in [0.4, 0.5) is 4.79 Å². The number of carbonyl (C=O) groups is 2. The molecule has 0 unspecified atom stereocenters. The molecule has 3 rings (SSSR count). The number of nitrogens with zero attached hydrogens (tertiary/aromatic N) is 3. The summed E-state index contributed by atoms with van der Waals surface area (Å²) in [7, 11) is 1.36. The molecule has 1 saturated heterocycles. The molecule has 7 nitrogen and oxygen atoms in total. The van der Waals surface area contributed by atoms with Crippen LogP contribution in [0, 0.1) is 5.92 Å².